The van der Waals surface area contributed by atoms with Gasteiger partial charge < -0.3 is 20.1 Å². The van der Waals surface area contributed by atoms with Gasteiger partial charge in [-0.3, -0.25) is 4.79 Å². The molecule has 0 fully saturated rings. The Morgan fingerprint density at radius 3 is 2.80 bits per heavy atom. The lowest BCUT2D eigenvalue weighted by Gasteiger charge is -2.29. The van der Waals surface area contributed by atoms with Gasteiger partial charge in [-0.2, -0.15) is 4.68 Å². The van der Waals surface area contributed by atoms with E-state index in [2.05, 4.69) is 49.0 Å². The molecule has 1 unspecified atom stereocenters. The Morgan fingerprint density at radius 1 is 1.26 bits per heavy atom. The number of aromatic nitrogens is 4. The minimum atomic E-state index is -0.582. The van der Waals surface area contributed by atoms with E-state index in [0.29, 0.717) is 35.3 Å². The van der Waals surface area contributed by atoms with Crippen molar-refractivity contribution in [2.24, 2.45) is 0 Å². The van der Waals surface area contributed by atoms with E-state index < -0.39 is 6.04 Å². The summed E-state index contributed by atoms with van der Waals surface area (Å²) in [7, 11) is 1.60. The summed E-state index contributed by atoms with van der Waals surface area (Å²) in [4.78, 5) is 13.7. The molecular weight excluding hydrogens is 512 g/mol. The second kappa shape index (κ2) is 10.5. The van der Waals surface area contributed by atoms with Gasteiger partial charge in [-0.25, -0.2) is 0 Å². The van der Waals surface area contributed by atoms with Gasteiger partial charge in [-0.15, -0.1) is 0 Å². The lowest BCUT2D eigenvalue weighted by atomic mass is 9.94. The van der Waals surface area contributed by atoms with Crippen molar-refractivity contribution < 1.29 is 14.3 Å². The number of fused-ring (bicyclic) bond motifs is 1. The van der Waals surface area contributed by atoms with E-state index in [1.807, 2.05) is 51.1 Å². The van der Waals surface area contributed by atoms with Crippen molar-refractivity contribution in [3.8, 4) is 11.5 Å². The SMILES string of the molecule is CCCCOc1c(Br)cc(C2C(C(=O)Nc3cccc(C)c3C)=C(C)Nc3nnnn32)cc1OC. The van der Waals surface area contributed by atoms with Crippen molar-refractivity contribution in [3.05, 3.63) is 62.8 Å². The molecule has 0 radical (unpaired) electrons. The molecule has 1 aliphatic rings. The minimum Gasteiger partial charge on any atom is -0.493 e. The van der Waals surface area contributed by atoms with Crippen LogP contribution in [0, 0.1) is 13.8 Å². The molecule has 0 bridgehead atoms. The van der Waals surface area contributed by atoms with Crippen molar-refractivity contribution in [2.45, 2.75) is 46.6 Å². The number of carbonyl (C=O) groups is 1. The van der Waals surface area contributed by atoms with Crippen molar-refractivity contribution in [1.82, 2.24) is 20.2 Å². The third-order valence-electron chi connectivity index (χ3n) is 6.12. The first-order chi connectivity index (χ1) is 16.8. The number of tetrazole rings is 1. The van der Waals surface area contributed by atoms with Gasteiger partial charge in [-0.05, 0) is 88.4 Å². The van der Waals surface area contributed by atoms with Crippen molar-refractivity contribution in [1.29, 1.82) is 0 Å². The second-order valence-corrected chi connectivity index (χ2v) is 9.31. The highest BCUT2D eigenvalue weighted by atomic mass is 79.9. The number of aryl methyl sites for hydroxylation is 1. The summed E-state index contributed by atoms with van der Waals surface area (Å²) in [6, 6.07) is 9.04. The molecule has 2 N–H and O–H groups in total. The molecule has 1 atom stereocenters. The molecule has 1 aromatic heterocycles. The molecular formula is C25H29BrN6O3. The number of rotatable bonds is 8. The predicted octanol–water partition coefficient (Wildman–Crippen LogP) is 5.17. The van der Waals surface area contributed by atoms with Gasteiger partial charge in [0, 0.05) is 11.4 Å². The molecule has 1 aliphatic heterocycles. The quantitative estimate of drug-likeness (QED) is 0.380. The Balaban J connectivity index is 1.77. The Hall–Kier alpha value is -3.40. The van der Waals surface area contributed by atoms with Crippen LogP contribution < -0.4 is 20.1 Å². The van der Waals surface area contributed by atoms with E-state index >= 15 is 0 Å². The van der Waals surface area contributed by atoms with Crippen LogP contribution in [0.1, 0.15) is 49.4 Å². The highest BCUT2D eigenvalue weighted by Gasteiger charge is 2.35. The number of nitrogens with zero attached hydrogens (tertiary/aromatic N) is 4. The summed E-state index contributed by atoms with van der Waals surface area (Å²) in [5, 5.41) is 18.3. The van der Waals surface area contributed by atoms with Crippen molar-refractivity contribution >= 4 is 33.5 Å². The van der Waals surface area contributed by atoms with Gasteiger partial charge in [0.05, 0.1) is 23.8 Å². The first-order valence-electron chi connectivity index (χ1n) is 11.5. The summed E-state index contributed by atoms with van der Waals surface area (Å²) in [6.07, 6.45) is 1.96. The van der Waals surface area contributed by atoms with Crippen LogP contribution >= 0.6 is 15.9 Å². The third kappa shape index (κ3) is 4.88. The standard InChI is InChI=1S/C25H29BrN6O3/c1-6-7-11-35-23-18(26)12-17(13-20(23)34-5)22-21(16(4)27-25-29-30-31-32(22)25)24(33)28-19-10-8-9-14(2)15(19)3/h8-10,12-13,22H,6-7,11H2,1-5H3,(H,28,33)(H,27,29,31). The normalized spacial score (nSPS) is 14.9. The topological polar surface area (TPSA) is 103 Å². The average molecular weight is 541 g/mol. The molecule has 35 heavy (non-hydrogen) atoms. The van der Waals surface area contributed by atoms with Gasteiger partial charge in [0.15, 0.2) is 11.5 Å². The summed E-state index contributed by atoms with van der Waals surface area (Å²) in [6.45, 7) is 8.54. The molecule has 2 heterocycles. The van der Waals surface area contributed by atoms with E-state index in [-0.39, 0.29) is 5.91 Å². The Bertz CT molecular complexity index is 1290. The van der Waals surface area contributed by atoms with Gasteiger partial charge in [-0.1, -0.05) is 30.6 Å². The van der Waals surface area contributed by atoms with Crippen LogP contribution in [0.5, 0.6) is 11.5 Å². The first kappa shape index (κ1) is 24.7. The fraction of sp³-hybridized carbons (Fsp3) is 0.360. The van der Waals surface area contributed by atoms with Crippen molar-refractivity contribution in [2.75, 3.05) is 24.4 Å². The maximum atomic E-state index is 13.7. The fourth-order valence-corrected chi connectivity index (χ4v) is 4.62. The molecule has 2 aromatic carbocycles. The van der Waals surface area contributed by atoms with Gasteiger partial charge in [0.1, 0.15) is 6.04 Å². The fourth-order valence-electron chi connectivity index (χ4n) is 4.05. The lowest BCUT2D eigenvalue weighted by Crippen LogP contribution is -2.31. The summed E-state index contributed by atoms with van der Waals surface area (Å²) < 4.78 is 14.0. The van der Waals surface area contributed by atoms with E-state index in [0.717, 1.165) is 39.7 Å². The predicted molar refractivity (Wildman–Crippen MR) is 138 cm³/mol. The molecule has 0 saturated carbocycles. The zero-order chi connectivity index (χ0) is 25.1. The maximum absolute atomic E-state index is 13.7. The number of methoxy groups -OCH3 is 1. The number of ether oxygens (including phenoxy) is 2. The average Bonchev–Trinajstić information content (AvgIpc) is 3.29. The van der Waals surface area contributed by atoms with Crippen LogP contribution in [0.2, 0.25) is 0 Å². The number of carbonyl (C=O) groups excluding carboxylic acids is 1. The number of hydrogen-bond acceptors (Lipinski definition) is 7. The molecule has 4 rings (SSSR count). The van der Waals surface area contributed by atoms with Crippen LogP contribution in [0.15, 0.2) is 46.1 Å². The zero-order valence-electron chi connectivity index (χ0n) is 20.5. The summed E-state index contributed by atoms with van der Waals surface area (Å²) in [5.74, 6) is 1.39. The molecule has 184 valence electrons. The third-order valence-corrected chi connectivity index (χ3v) is 6.71. The summed E-state index contributed by atoms with van der Waals surface area (Å²) in [5.41, 5.74) is 4.81. The molecule has 0 aliphatic carbocycles. The Labute approximate surface area is 213 Å². The van der Waals surface area contributed by atoms with E-state index in [1.165, 1.54) is 0 Å². The number of hydrogen-bond donors (Lipinski definition) is 2. The van der Waals surface area contributed by atoms with Crippen LogP contribution in [-0.4, -0.2) is 39.8 Å². The highest BCUT2D eigenvalue weighted by Crippen LogP contribution is 2.42. The van der Waals surface area contributed by atoms with Crippen LogP contribution in [-0.2, 0) is 4.79 Å². The number of benzene rings is 2. The number of unbranched alkanes of at least 4 members (excludes halogenated alkanes) is 1. The molecule has 9 nitrogen and oxygen atoms in total. The minimum absolute atomic E-state index is 0.242. The Morgan fingerprint density at radius 2 is 2.06 bits per heavy atom. The van der Waals surface area contributed by atoms with Crippen LogP contribution in [0.3, 0.4) is 0 Å². The number of nitrogens with one attached hydrogen (secondary N) is 2. The number of halogens is 1. The van der Waals surface area contributed by atoms with E-state index in [1.54, 1.807) is 11.8 Å². The van der Waals surface area contributed by atoms with Crippen molar-refractivity contribution in [3.63, 3.8) is 0 Å². The number of anilines is 2. The molecule has 3 aromatic rings. The second-order valence-electron chi connectivity index (χ2n) is 8.45. The lowest BCUT2D eigenvalue weighted by molar-refractivity contribution is -0.113. The molecule has 0 saturated heterocycles. The van der Waals surface area contributed by atoms with E-state index in [9.17, 15) is 4.79 Å². The van der Waals surface area contributed by atoms with Crippen LogP contribution in [0.25, 0.3) is 0 Å². The van der Waals surface area contributed by atoms with Gasteiger partial charge in [0.25, 0.3) is 5.91 Å². The summed E-state index contributed by atoms with van der Waals surface area (Å²) >= 11 is 3.63. The van der Waals surface area contributed by atoms with Gasteiger partial charge >= 0.3 is 0 Å². The molecule has 10 heteroatoms. The number of allylic oxidation sites excluding steroid dienone is 1. The first-order valence-corrected chi connectivity index (χ1v) is 12.3. The monoisotopic (exact) mass is 540 g/mol. The largest absolute Gasteiger partial charge is 0.493 e. The molecule has 1 amide bonds. The zero-order valence-corrected chi connectivity index (χ0v) is 22.1. The molecule has 0 spiro atoms. The number of amides is 1. The highest BCUT2D eigenvalue weighted by molar-refractivity contribution is 9.10. The van der Waals surface area contributed by atoms with E-state index in [4.69, 9.17) is 9.47 Å². The maximum Gasteiger partial charge on any atom is 0.255 e. The Kier molecular flexibility index (Phi) is 7.39. The van der Waals surface area contributed by atoms with Crippen LogP contribution in [0.4, 0.5) is 11.6 Å². The van der Waals surface area contributed by atoms with Gasteiger partial charge in [0.2, 0.25) is 5.95 Å². The smallest absolute Gasteiger partial charge is 0.255 e.